The Morgan fingerprint density at radius 1 is 1.46 bits per heavy atom. The Morgan fingerprint density at radius 2 is 2.23 bits per heavy atom. The summed E-state index contributed by atoms with van der Waals surface area (Å²) in [6.07, 6.45) is 0. The summed E-state index contributed by atoms with van der Waals surface area (Å²) in [5.41, 5.74) is 6.51. The molecule has 0 saturated heterocycles. The van der Waals surface area contributed by atoms with Crippen molar-refractivity contribution >= 4 is 27.5 Å². The van der Waals surface area contributed by atoms with Gasteiger partial charge in [0.25, 0.3) is 0 Å². The Hall–Kier alpha value is -0.0900. The van der Waals surface area contributed by atoms with Crippen LogP contribution in [0, 0.1) is 0 Å². The first-order valence-corrected chi connectivity index (χ1v) is 5.26. The van der Waals surface area contributed by atoms with Gasteiger partial charge in [0.15, 0.2) is 0 Å². The molecule has 0 saturated carbocycles. The molecular weight excluding hydrogens is 251 g/mol. The van der Waals surface area contributed by atoms with E-state index in [0.717, 1.165) is 28.1 Å². The molecule has 0 aliphatic rings. The van der Waals surface area contributed by atoms with E-state index in [4.69, 9.17) is 17.3 Å². The third kappa shape index (κ3) is 3.65. The first kappa shape index (κ1) is 11.0. The summed E-state index contributed by atoms with van der Waals surface area (Å²) in [5, 5.41) is 3.96. The molecule has 1 aromatic rings. The average Bonchev–Trinajstić information content (AvgIpc) is 2.11. The van der Waals surface area contributed by atoms with Gasteiger partial charge in [-0.3, -0.25) is 0 Å². The molecule has 0 radical (unpaired) electrons. The van der Waals surface area contributed by atoms with Gasteiger partial charge in [0.2, 0.25) is 0 Å². The topological polar surface area (TPSA) is 38.0 Å². The van der Waals surface area contributed by atoms with Gasteiger partial charge in [0.05, 0.1) is 0 Å². The summed E-state index contributed by atoms with van der Waals surface area (Å²) in [5.74, 6) is 0. The molecule has 2 nitrogen and oxygen atoms in total. The van der Waals surface area contributed by atoms with Crippen molar-refractivity contribution in [3.05, 3.63) is 33.3 Å². The van der Waals surface area contributed by atoms with Crippen molar-refractivity contribution in [3.8, 4) is 0 Å². The van der Waals surface area contributed by atoms with E-state index in [0.29, 0.717) is 6.54 Å². The molecule has 1 aromatic carbocycles. The number of nitrogens with one attached hydrogen (secondary N) is 1. The van der Waals surface area contributed by atoms with E-state index >= 15 is 0 Å². The monoisotopic (exact) mass is 262 g/mol. The zero-order valence-electron chi connectivity index (χ0n) is 7.19. The van der Waals surface area contributed by atoms with Gasteiger partial charge in [-0.15, -0.1) is 0 Å². The maximum Gasteiger partial charge on any atom is 0.0410 e. The van der Waals surface area contributed by atoms with Crippen molar-refractivity contribution in [2.45, 2.75) is 6.54 Å². The Morgan fingerprint density at radius 3 is 2.92 bits per heavy atom. The third-order valence-electron chi connectivity index (χ3n) is 1.64. The molecule has 0 spiro atoms. The van der Waals surface area contributed by atoms with Crippen LogP contribution in [0.1, 0.15) is 5.56 Å². The summed E-state index contributed by atoms with van der Waals surface area (Å²) in [7, 11) is 0. The minimum atomic E-state index is 0.651. The summed E-state index contributed by atoms with van der Waals surface area (Å²) in [4.78, 5) is 0. The first-order chi connectivity index (χ1) is 6.24. The third-order valence-corrected chi connectivity index (χ3v) is 2.65. The predicted octanol–water partition coefficient (Wildman–Crippen LogP) is 2.15. The summed E-state index contributed by atoms with van der Waals surface area (Å²) < 4.78 is 1.07. The molecule has 1 rings (SSSR count). The smallest absolute Gasteiger partial charge is 0.0410 e. The van der Waals surface area contributed by atoms with Crippen LogP contribution in [0.5, 0.6) is 0 Å². The van der Waals surface area contributed by atoms with Gasteiger partial charge in [-0.2, -0.15) is 0 Å². The highest BCUT2D eigenvalue weighted by molar-refractivity contribution is 9.10. The Labute approximate surface area is 91.6 Å². The van der Waals surface area contributed by atoms with E-state index in [1.165, 1.54) is 0 Å². The quantitative estimate of drug-likeness (QED) is 0.817. The molecule has 0 bridgehead atoms. The second kappa shape index (κ2) is 5.60. The van der Waals surface area contributed by atoms with Crippen LogP contribution in [0.2, 0.25) is 5.02 Å². The lowest BCUT2D eigenvalue weighted by atomic mass is 10.2. The fraction of sp³-hybridized carbons (Fsp3) is 0.333. The molecule has 0 aromatic heterocycles. The van der Waals surface area contributed by atoms with Crippen LogP contribution in [0.3, 0.4) is 0 Å². The molecule has 0 aliphatic carbocycles. The minimum Gasteiger partial charge on any atom is -0.329 e. The molecule has 3 N–H and O–H groups in total. The van der Waals surface area contributed by atoms with Gasteiger partial charge >= 0.3 is 0 Å². The average molecular weight is 264 g/mol. The van der Waals surface area contributed by atoms with Crippen LogP contribution < -0.4 is 11.1 Å². The summed E-state index contributed by atoms with van der Waals surface area (Å²) in [6.45, 7) is 2.26. The predicted molar refractivity (Wildman–Crippen MR) is 59.9 cm³/mol. The maximum atomic E-state index is 5.86. The van der Waals surface area contributed by atoms with Crippen molar-refractivity contribution in [1.29, 1.82) is 0 Å². The van der Waals surface area contributed by atoms with Gasteiger partial charge in [-0.25, -0.2) is 0 Å². The van der Waals surface area contributed by atoms with Crippen molar-refractivity contribution in [3.63, 3.8) is 0 Å². The number of halogens is 2. The van der Waals surface area contributed by atoms with Gasteiger partial charge < -0.3 is 11.1 Å². The van der Waals surface area contributed by atoms with E-state index in [1.54, 1.807) is 0 Å². The molecule has 0 aliphatic heterocycles. The molecule has 0 heterocycles. The van der Waals surface area contributed by atoms with E-state index < -0.39 is 0 Å². The molecule has 0 fully saturated rings. The van der Waals surface area contributed by atoms with Crippen LogP contribution in [-0.4, -0.2) is 13.1 Å². The Kier molecular flexibility index (Phi) is 4.73. The van der Waals surface area contributed by atoms with Crippen LogP contribution in [-0.2, 0) is 6.54 Å². The van der Waals surface area contributed by atoms with Gasteiger partial charge in [0.1, 0.15) is 0 Å². The van der Waals surface area contributed by atoms with E-state index in [9.17, 15) is 0 Å². The second-order valence-electron chi connectivity index (χ2n) is 2.70. The SMILES string of the molecule is NCCNCc1cc(Cl)ccc1Br. The zero-order valence-corrected chi connectivity index (χ0v) is 9.53. The zero-order chi connectivity index (χ0) is 9.68. The van der Waals surface area contributed by atoms with Crippen LogP contribution in [0.4, 0.5) is 0 Å². The molecule has 0 amide bonds. The number of rotatable bonds is 4. The van der Waals surface area contributed by atoms with Crippen molar-refractivity contribution in [1.82, 2.24) is 5.32 Å². The molecule has 0 atom stereocenters. The van der Waals surface area contributed by atoms with Crippen LogP contribution in [0.15, 0.2) is 22.7 Å². The molecule has 72 valence electrons. The largest absolute Gasteiger partial charge is 0.329 e. The molecule has 0 unspecified atom stereocenters. The van der Waals surface area contributed by atoms with Gasteiger partial charge in [-0.05, 0) is 23.8 Å². The lowest BCUT2D eigenvalue weighted by Crippen LogP contribution is -2.22. The number of benzene rings is 1. The lowest BCUT2D eigenvalue weighted by Gasteiger charge is -2.05. The Bertz CT molecular complexity index is 278. The first-order valence-electron chi connectivity index (χ1n) is 4.08. The lowest BCUT2D eigenvalue weighted by molar-refractivity contribution is 0.693. The fourth-order valence-corrected chi connectivity index (χ4v) is 1.59. The van der Waals surface area contributed by atoms with Gasteiger partial charge in [-0.1, -0.05) is 27.5 Å². The van der Waals surface area contributed by atoms with Gasteiger partial charge in [0, 0.05) is 29.1 Å². The summed E-state index contributed by atoms with van der Waals surface area (Å²) >= 11 is 9.31. The second-order valence-corrected chi connectivity index (χ2v) is 3.99. The minimum absolute atomic E-state index is 0.651. The van der Waals surface area contributed by atoms with Crippen molar-refractivity contribution in [2.24, 2.45) is 5.73 Å². The highest BCUT2D eigenvalue weighted by Crippen LogP contribution is 2.20. The van der Waals surface area contributed by atoms with Crippen molar-refractivity contribution < 1.29 is 0 Å². The van der Waals surface area contributed by atoms with Crippen LogP contribution in [0.25, 0.3) is 0 Å². The van der Waals surface area contributed by atoms with E-state index in [1.807, 2.05) is 18.2 Å². The molecule has 13 heavy (non-hydrogen) atoms. The van der Waals surface area contributed by atoms with Crippen LogP contribution >= 0.6 is 27.5 Å². The molecular formula is C9H12BrClN2. The standard InChI is InChI=1S/C9H12BrClN2/c10-9-2-1-8(11)5-7(9)6-13-4-3-12/h1-2,5,13H,3-4,6,12H2. The van der Waals surface area contributed by atoms with Crippen molar-refractivity contribution in [2.75, 3.05) is 13.1 Å². The normalized spacial score (nSPS) is 10.4. The van der Waals surface area contributed by atoms with E-state index in [2.05, 4.69) is 21.2 Å². The number of hydrogen-bond acceptors (Lipinski definition) is 2. The number of nitrogens with two attached hydrogens (primary N) is 1. The highest BCUT2D eigenvalue weighted by atomic mass is 79.9. The van der Waals surface area contributed by atoms with E-state index in [-0.39, 0.29) is 0 Å². The Balaban J connectivity index is 2.59. The highest BCUT2D eigenvalue weighted by Gasteiger charge is 1.99. The molecule has 4 heteroatoms. The number of hydrogen-bond donors (Lipinski definition) is 2. The maximum absolute atomic E-state index is 5.86. The fourth-order valence-electron chi connectivity index (χ4n) is 1.00. The summed E-state index contributed by atoms with van der Waals surface area (Å²) in [6, 6.07) is 5.75.